The predicted octanol–water partition coefficient (Wildman–Crippen LogP) is 3.55. The lowest BCUT2D eigenvalue weighted by molar-refractivity contribution is 0.240. The molecule has 0 unspecified atom stereocenters. The van der Waals surface area contributed by atoms with Crippen LogP contribution in [-0.2, 0) is 0 Å². The van der Waals surface area contributed by atoms with Gasteiger partial charge in [-0.2, -0.15) is 0 Å². The maximum absolute atomic E-state index is 9.40. The van der Waals surface area contributed by atoms with Gasteiger partial charge in [-0.15, -0.1) is 0 Å². The van der Waals surface area contributed by atoms with Crippen LogP contribution in [0, 0.1) is 5.92 Å². The van der Waals surface area contributed by atoms with Crippen molar-refractivity contribution in [2.24, 2.45) is 5.92 Å². The maximum Gasteiger partial charge on any atom is 0.0693 e. The van der Waals surface area contributed by atoms with Gasteiger partial charge < -0.3 is 9.67 Å². The van der Waals surface area contributed by atoms with E-state index in [0.717, 1.165) is 5.92 Å². The van der Waals surface area contributed by atoms with Crippen LogP contribution in [0.15, 0.2) is 36.7 Å². The normalized spacial score (nSPS) is 21.8. The van der Waals surface area contributed by atoms with Gasteiger partial charge in [0, 0.05) is 12.4 Å². The first-order valence-corrected chi connectivity index (χ1v) is 6.76. The molecule has 0 bridgehead atoms. The van der Waals surface area contributed by atoms with Gasteiger partial charge in [-0.1, -0.05) is 31.4 Å². The first kappa shape index (κ1) is 12.4. The van der Waals surface area contributed by atoms with Gasteiger partial charge in [-0.25, -0.2) is 0 Å². The van der Waals surface area contributed by atoms with Gasteiger partial charge in [-0.3, -0.25) is 0 Å². The van der Waals surface area contributed by atoms with Crippen molar-refractivity contribution in [3.05, 3.63) is 36.7 Å². The van der Waals surface area contributed by atoms with E-state index in [1.54, 1.807) is 0 Å². The minimum atomic E-state index is -0.350. The summed E-state index contributed by atoms with van der Waals surface area (Å²) in [5.41, 5.74) is 0. The van der Waals surface area contributed by atoms with Crippen molar-refractivity contribution in [3.8, 4) is 0 Å². The van der Waals surface area contributed by atoms with E-state index in [2.05, 4.69) is 35.2 Å². The van der Waals surface area contributed by atoms with Crippen molar-refractivity contribution in [1.29, 1.82) is 0 Å². The van der Waals surface area contributed by atoms with E-state index < -0.39 is 0 Å². The summed E-state index contributed by atoms with van der Waals surface area (Å²) < 4.78 is 2.27. The van der Waals surface area contributed by atoms with Gasteiger partial charge in [0.2, 0.25) is 0 Å². The third kappa shape index (κ3) is 3.47. The summed E-state index contributed by atoms with van der Waals surface area (Å²) in [7, 11) is 0. The number of hydrogen-bond donors (Lipinski definition) is 1. The van der Waals surface area contributed by atoms with Crippen LogP contribution in [0.1, 0.15) is 45.1 Å². The minimum absolute atomic E-state index is 0.350. The third-order valence-corrected chi connectivity index (χ3v) is 3.69. The molecule has 1 fully saturated rings. The van der Waals surface area contributed by atoms with Gasteiger partial charge in [0.15, 0.2) is 0 Å². The lowest BCUT2D eigenvalue weighted by Gasteiger charge is -2.29. The molecule has 1 heterocycles. The Kier molecular flexibility index (Phi) is 4.43. The molecule has 0 spiro atoms. The average molecular weight is 233 g/mol. The van der Waals surface area contributed by atoms with Gasteiger partial charge in [0.05, 0.1) is 12.1 Å². The standard InChI is InChI=1S/C15H23NO/c1-13(17)9-10-15(16-11-5-6-12-16)14-7-3-2-4-8-14/h5-6,9-15,17H,2-4,7-8H2,1H3/b10-9+/t13-,15-/m1/s1. The summed E-state index contributed by atoms with van der Waals surface area (Å²) >= 11 is 0. The molecule has 0 aliphatic heterocycles. The fraction of sp³-hybridized carbons (Fsp3) is 0.600. The van der Waals surface area contributed by atoms with Crippen LogP contribution >= 0.6 is 0 Å². The molecular weight excluding hydrogens is 210 g/mol. The molecule has 94 valence electrons. The Hall–Kier alpha value is -1.02. The molecule has 17 heavy (non-hydrogen) atoms. The van der Waals surface area contributed by atoms with E-state index in [1.807, 2.05) is 13.0 Å². The molecule has 1 aliphatic rings. The van der Waals surface area contributed by atoms with Crippen LogP contribution in [0.2, 0.25) is 0 Å². The molecule has 1 N–H and O–H groups in total. The summed E-state index contributed by atoms with van der Waals surface area (Å²) in [6.07, 6.45) is 14.7. The van der Waals surface area contributed by atoms with E-state index in [1.165, 1.54) is 32.1 Å². The lowest BCUT2D eigenvalue weighted by atomic mass is 9.83. The van der Waals surface area contributed by atoms with Crippen molar-refractivity contribution in [2.45, 2.75) is 51.2 Å². The molecule has 0 radical (unpaired) electrons. The lowest BCUT2D eigenvalue weighted by Crippen LogP contribution is -2.19. The SMILES string of the molecule is C[C@@H](O)/C=C/[C@H](C1CCCCC1)n1cccc1. The predicted molar refractivity (Wildman–Crippen MR) is 70.9 cm³/mol. The molecule has 1 aromatic rings. The Balaban J connectivity index is 2.11. The van der Waals surface area contributed by atoms with Gasteiger partial charge in [0.1, 0.15) is 0 Å². The summed E-state index contributed by atoms with van der Waals surface area (Å²) in [6.45, 7) is 1.81. The van der Waals surface area contributed by atoms with E-state index >= 15 is 0 Å². The summed E-state index contributed by atoms with van der Waals surface area (Å²) in [6, 6.07) is 4.57. The van der Waals surface area contributed by atoms with Crippen LogP contribution in [-0.4, -0.2) is 15.8 Å². The fourth-order valence-electron chi connectivity index (χ4n) is 2.80. The largest absolute Gasteiger partial charge is 0.389 e. The maximum atomic E-state index is 9.40. The molecule has 0 saturated heterocycles. The molecule has 0 amide bonds. The van der Waals surface area contributed by atoms with Crippen molar-refractivity contribution in [3.63, 3.8) is 0 Å². The van der Waals surface area contributed by atoms with Crippen molar-refractivity contribution in [2.75, 3.05) is 0 Å². The van der Waals surface area contributed by atoms with E-state index in [-0.39, 0.29) is 6.10 Å². The molecule has 2 heteroatoms. The van der Waals surface area contributed by atoms with Crippen LogP contribution in [0.4, 0.5) is 0 Å². The summed E-state index contributed by atoms with van der Waals surface area (Å²) in [4.78, 5) is 0. The Morgan fingerprint density at radius 2 is 1.76 bits per heavy atom. The second-order valence-corrected chi connectivity index (χ2v) is 5.14. The van der Waals surface area contributed by atoms with E-state index in [4.69, 9.17) is 0 Å². The first-order valence-electron chi connectivity index (χ1n) is 6.76. The number of hydrogen-bond acceptors (Lipinski definition) is 1. The Labute approximate surface area is 104 Å². The zero-order chi connectivity index (χ0) is 12.1. The molecular formula is C15H23NO. The van der Waals surface area contributed by atoms with E-state index in [0.29, 0.717) is 6.04 Å². The Morgan fingerprint density at radius 3 is 2.35 bits per heavy atom. The third-order valence-electron chi connectivity index (χ3n) is 3.69. The second-order valence-electron chi connectivity index (χ2n) is 5.14. The topological polar surface area (TPSA) is 25.2 Å². The number of aliphatic hydroxyl groups excluding tert-OH is 1. The highest BCUT2D eigenvalue weighted by Gasteiger charge is 2.22. The van der Waals surface area contributed by atoms with Crippen molar-refractivity contribution < 1.29 is 5.11 Å². The van der Waals surface area contributed by atoms with Crippen LogP contribution in [0.5, 0.6) is 0 Å². The molecule has 2 atom stereocenters. The fourth-order valence-corrected chi connectivity index (χ4v) is 2.80. The molecule has 1 aliphatic carbocycles. The smallest absolute Gasteiger partial charge is 0.0693 e. The van der Waals surface area contributed by atoms with Gasteiger partial charge in [0.25, 0.3) is 0 Å². The Bertz CT molecular complexity index is 334. The highest BCUT2D eigenvalue weighted by atomic mass is 16.3. The number of aliphatic hydroxyl groups is 1. The molecule has 2 nitrogen and oxygen atoms in total. The highest BCUT2D eigenvalue weighted by molar-refractivity contribution is 5.03. The number of aromatic nitrogens is 1. The van der Waals surface area contributed by atoms with Crippen molar-refractivity contribution in [1.82, 2.24) is 4.57 Å². The monoisotopic (exact) mass is 233 g/mol. The van der Waals surface area contributed by atoms with Crippen LogP contribution < -0.4 is 0 Å². The van der Waals surface area contributed by atoms with Gasteiger partial charge >= 0.3 is 0 Å². The minimum Gasteiger partial charge on any atom is -0.389 e. The molecule has 1 saturated carbocycles. The van der Waals surface area contributed by atoms with Crippen LogP contribution in [0.25, 0.3) is 0 Å². The zero-order valence-electron chi connectivity index (χ0n) is 10.6. The van der Waals surface area contributed by atoms with Gasteiger partial charge in [-0.05, 0) is 37.8 Å². The second kappa shape index (κ2) is 6.06. The Morgan fingerprint density at radius 1 is 1.12 bits per heavy atom. The van der Waals surface area contributed by atoms with E-state index in [9.17, 15) is 5.11 Å². The molecule has 0 aromatic carbocycles. The zero-order valence-corrected chi connectivity index (χ0v) is 10.6. The molecule has 1 aromatic heterocycles. The summed E-state index contributed by atoms with van der Waals surface area (Å²) in [5.74, 6) is 0.728. The summed E-state index contributed by atoms with van der Waals surface area (Å²) in [5, 5.41) is 9.40. The van der Waals surface area contributed by atoms with Crippen molar-refractivity contribution >= 4 is 0 Å². The average Bonchev–Trinajstić information content (AvgIpc) is 2.84. The quantitative estimate of drug-likeness (QED) is 0.790. The van der Waals surface area contributed by atoms with Crippen LogP contribution in [0.3, 0.4) is 0 Å². The number of allylic oxidation sites excluding steroid dienone is 1. The number of nitrogens with zero attached hydrogens (tertiary/aromatic N) is 1. The number of rotatable bonds is 4. The first-order chi connectivity index (χ1) is 8.27. The molecule has 2 rings (SSSR count). The highest BCUT2D eigenvalue weighted by Crippen LogP contribution is 2.33.